The van der Waals surface area contributed by atoms with Gasteiger partial charge in [0.05, 0.1) is 23.5 Å². The highest BCUT2D eigenvalue weighted by atomic mass is 79.9. The first-order valence-corrected chi connectivity index (χ1v) is 28.2. The predicted molar refractivity (Wildman–Crippen MR) is 287 cm³/mol. The number of piperazine rings is 2. The minimum Gasteiger partial charge on any atom is -0.340 e. The van der Waals surface area contributed by atoms with E-state index < -0.39 is 0 Å². The number of nitrogens with one attached hydrogen (secondary N) is 2. The summed E-state index contributed by atoms with van der Waals surface area (Å²) in [4.78, 5) is 63.9. The summed E-state index contributed by atoms with van der Waals surface area (Å²) in [5.74, 6) is 0.483. The van der Waals surface area contributed by atoms with E-state index in [-0.39, 0.29) is 59.1 Å². The molecule has 2 aliphatic carbocycles. The van der Waals surface area contributed by atoms with Crippen LogP contribution in [-0.2, 0) is 28.9 Å². The van der Waals surface area contributed by atoms with Gasteiger partial charge in [-0.2, -0.15) is 0 Å². The van der Waals surface area contributed by atoms with Gasteiger partial charge in [0.15, 0.2) is 0 Å². The number of rotatable bonds is 7. The molecule has 2 aromatic heterocycles. The third kappa shape index (κ3) is 11.2. The van der Waals surface area contributed by atoms with Crippen LogP contribution in [0.15, 0.2) is 69.9 Å². The molecular weight excluding hydrogens is 1070 g/mol. The maximum Gasteiger partial charge on any atom is 0.317 e. The number of benzene rings is 2. The van der Waals surface area contributed by atoms with E-state index in [1.807, 2.05) is 55.1 Å². The van der Waals surface area contributed by atoms with Crippen molar-refractivity contribution in [3.05, 3.63) is 125 Å². The molecule has 16 heteroatoms. The number of aromatic nitrogens is 2. The molecule has 4 aliphatic heterocycles. The molecule has 0 saturated carbocycles. The summed E-state index contributed by atoms with van der Waals surface area (Å²) >= 11 is 21.0. The SMILES string of the molecule is CC(C)(C)NC(=O)N1CCC(CC(=O)N2CCN(C3c4ccc(Cl)cc4CC(C(C(=O)N4CCN(C5c6ccc(Cl)cc6CCc6cc(Br)cnc65)CC4)C4CCNCC4)c4cc(Br)cnc43)CC2)CC1. The lowest BCUT2D eigenvalue weighted by molar-refractivity contribution is -0.141. The summed E-state index contributed by atoms with van der Waals surface area (Å²) in [7, 11) is 0. The fourth-order valence-corrected chi connectivity index (χ4v) is 13.8. The Morgan fingerprint density at radius 3 is 1.89 bits per heavy atom. The Morgan fingerprint density at radius 2 is 1.24 bits per heavy atom. The van der Waals surface area contributed by atoms with Gasteiger partial charge in [0, 0.05) is 121 Å². The number of carbonyl (C=O) groups excluding carboxylic acids is 3. The van der Waals surface area contributed by atoms with Crippen molar-refractivity contribution in [3.63, 3.8) is 0 Å². The number of piperidine rings is 2. The Morgan fingerprint density at radius 1 is 0.676 bits per heavy atom. The highest BCUT2D eigenvalue weighted by Crippen LogP contribution is 2.48. The van der Waals surface area contributed by atoms with Crippen molar-refractivity contribution < 1.29 is 14.4 Å². The Bertz CT molecular complexity index is 2570. The third-order valence-electron chi connectivity index (χ3n) is 16.2. The van der Waals surface area contributed by atoms with Crippen LogP contribution in [0.3, 0.4) is 0 Å². The summed E-state index contributed by atoms with van der Waals surface area (Å²) in [6.45, 7) is 14.5. The number of halogens is 4. The molecule has 2 N–H and O–H groups in total. The molecule has 6 aliphatic rings. The second kappa shape index (κ2) is 21.7. The molecule has 4 amide bonds. The summed E-state index contributed by atoms with van der Waals surface area (Å²) < 4.78 is 1.88. The van der Waals surface area contributed by atoms with E-state index in [9.17, 15) is 9.59 Å². The van der Waals surface area contributed by atoms with Crippen LogP contribution in [0.5, 0.6) is 0 Å². The van der Waals surface area contributed by atoms with Gasteiger partial charge in [-0.25, -0.2) is 4.79 Å². The number of amides is 4. The number of likely N-dealkylation sites (tertiary alicyclic amines) is 1. The molecular formula is C55H67Br2Cl2N9O3. The summed E-state index contributed by atoms with van der Waals surface area (Å²) in [6, 6.07) is 16.8. The van der Waals surface area contributed by atoms with Gasteiger partial charge in [0.1, 0.15) is 0 Å². The van der Waals surface area contributed by atoms with Crippen molar-refractivity contribution in [2.24, 2.45) is 17.8 Å². The number of hydrogen-bond donors (Lipinski definition) is 2. The van der Waals surface area contributed by atoms with Crippen LogP contribution in [0, 0.1) is 17.8 Å². The van der Waals surface area contributed by atoms with Crippen molar-refractivity contribution in [1.82, 2.24) is 45.1 Å². The Balaban J connectivity index is 0.891. The summed E-state index contributed by atoms with van der Waals surface area (Å²) in [5.41, 5.74) is 8.99. The van der Waals surface area contributed by atoms with E-state index in [2.05, 4.69) is 93.6 Å². The van der Waals surface area contributed by atoms with Crippen LogP contribution in [0.1, 0.15) is 116 Å². The zero-order valence-electron chi connectivity index (χ0n) is 41.2. The molecule has 0 bridgehead atoms. The van der Waals surface area contributed by atoms with Gasteiger partial charge in [-0.1, -0.05) is 35.3 Å². The molecule has 0 radical (unpaired) electrons. The van der Waals surface area contributed by atoms with Gasteiger partial charge in [0.2, 0.25) is 11.8 Å². The Kier molecular flexibility index (Phi) is 15.5. The summed E-state index contributed by atoms with van der Waals surface area (Å²) in [5, 5.41) is 8.10. The van der Waals surface area contributed by atoms with Gasteiger partial charge < -0.3 is 25.3 Å². The largest absolute Gasteiger partial charge is 0.340 e. The smallest absolute Gasteiger partial charge is 0.317 e. The quantitative estimate of drug-likeness (QED) is 0.188. The number of aryl methyl sites for hydroxylation is 2. The third-order valence-corrected chi connectivity index (χ3v) is 17.5. The van der Waals surface area contributed by atoms with Gasteiger partial charge in [-0.3, -0.25) is 29.4 Å². The Hall–Kier alpha value is -3.63. The standard InChI is InChI=1S/C55H67Br2Cl2N9O3/c1-55(2,3)63-54(71)68-16-12-34(13-17-68)26-47(69)64-18-20-66(21-19-64)52-44-9-7-42(59)29-38(44)30-45(46-31-40(57)33-62-50(46)52)48(35-10-14-60-15-11-35)53(70)67-24-22-65(23-25-67)51-43-8-6-41(58)28-36(43)4-5-37-27-39(56)32-61-49(37)51/h6-9,27-29,31-35,45,48,51-52,60H,4-5,10-26,30H2,1-3H3,(H,63,71). The van der Waals surface area contributed by atoms with Crippen LogP contribution in [-0.4, -0.2) is 136 Å². The molecule has 378 valence electrons. The molecule has 4 unspecified atom stereocenters. The van der Waals surface area contributed by atoms with E-state index in [0.717, 1.165) is 101 Å². The van der Waals surface area contributed by atoms with Gasteiger partial charge in [-0.15, -0.1) is 0 Å². The minimum atomic E-state index is -0.286. The van der Waals surface area contributed by atoms with E-state index in [4.69, 9.17) is 33.2 Å². The molecule has 4 aromatic rings. The fourth-order valence-electron chi connectivity index (χ4n) is 12.6. The van der Waals surface area contributed by atoms with Crippen molar-refractivity contribution in [1.29, 1.82) is 0 Å². The van der Waals surface area contributed by atoms with Crippen molar-refractivity contribution in [2.45, 2.75) is 95.7 Å². The van der Waals surface area contributed by atoms with Crippen molar-refractivity contribution >= 4 is 72.9 Å². The maximum atomic E-state index is 15.7. The molecule has 4 fully saturated rings. The maximum absolute atomic E-state index is 15.7. The summed E-state index contributed by atoms with van der Waals surface area (Å²) in [6.07, 6.45) is 10.3. The van der Waals surface area contributed by atoms with Gasteiger partial charge in [0.25, 0.3) is 0 Å². The molecule has 6 heterocycles. The molecule has 4 saturated heterocycles. The fraction of sp³-hybridized carbons (Fsp3) is 0.545. The second-order valence-electron chi connectivity index (χ2n) is 21.8. The highest BCUT2D eigenvalue weighted by molar-refractivity contribution is 9.10. The van der Waals surface area contributed by atoms with Crippen LogP contribution < -0.4 is 10.6 Å². The van der Waals surface area contributed by atoms with Crippen molar-refractivity contribution in [2.75, 3.05) is 78.5 Å². The van der Waals surface area contributed by atoms with Gasteiger partial charge in [-0.05, 0) is 192 Å². The average molecular weight is 1130 g/mol. The van der Waals surface area contributed by atoms with E-state index in [1.165, 1.54) is 22.3 Å². The number of fused-ring (bicyclic) bond motifs is 4. The van der Waals surface area contributed by atoms with E-state index in [0.29, 0.717) is 70.2 Å². The molecule has 12 nitrogen and oxygen atoms in total. The number of nitrogens with zero attached hydrogens (tertiary/aromatic N) is 7. The topological polar surface area (TPSA) is 117 Å². The van der Waals surface area contributed by atoms with Crippen LogP contribution >= 0.6 is 55.1 Å². The normalized spacial score (nSPS) is 23.1. The lowest BCUT2D eigenvalue weighted by Crippen LogP contribution is -2.53. The van der Waals surface area contributed by atoms with Crippen LogP contribution in [0.25, 0.3) is 0 Å². The molecule has 4 atom stereocenters. The van der Waals surface area contributed by atoms with E-state index >= 15 is 4.79 Å². The van der Waals surface area contributed by atoms with Gasteiger partial charge >= 0.3 is 6.03 Å². The number of carbonyl (C=O) groups is 3. The lowest BCUT2D eigenvalue weighted by atomic mass is 9.71. The lowest BCUT2D eigenvalue weighted by Gasteiger charge is -2.43. The first kappa shape index (κ1) is 50.9. The first-order valence-electron chi connectivity index (χ1n) is 25.9. The highest BCUT2D eigenvalue weighted by Gasteiger charge is 2.45. The molecule has 71 heavy (non-hydrogen) atoms. The zero-order valence-corrected chi connectivity index (χ0v) is 45.9. The predicted octanol–water partition coefficient (Wildman–Crippen LogP) is 9.44. The monoisotopic (exact) mass is 1130 g/mol. The molecule has 0 spiro atoms. The zero-order chi connectivity index (χ0) is 49.6. The Labute approximate surface area is 446 Å². The average Bonchev–Trinajstić information content (AvgIpc) is 3.59. The molecule has 2 aromatic carbocycles. The second-order valence-corrected chi connectivity index (χ2v) is 24.5. The number of hydrogen-bond acceptors (Lipinski definition) is 8. The molecule has 10 rings (SSSR count). The first-order chi connectivity index (χ1) is 34.2. The van der Waals surface area contributed by atoms with E-state index in [1.54, 1.807) is 0 Å². The van der Waals surface area contributed by atoms with Crippen molar-refractivity contribution in [3.8, 4) is 0 Å². The number of urea groups is 1. The minimum absolute atomic E-state index is 0.0275. The number of pyridine rings is 2. The van der Waals surface area contributed by atoms with Crippen LogP contribution in [0.4, 0.5) is 4.79 Å². The van der Waals surface area contributed by atoms with Crippen LogP contribution in [0.2, 0.25) is 10.0 Å².